The molecule has 0 radical (unpaired) electrons. The highest BCUT2D eigenvalue weighted by atomic mass is 32.1. The Morgan fingerprint density at radius 1 is 0.938 bits per heavy atom. The summed E-state index contributed by atoms with van der Waals surface area (Å²) in [4.78, 5) is 12.3. The molecule has 2 N–H and O–H groups in total. The smallest absolute Gasteiger partial charge is 0.486 e. The Bertz CT molecular complexity index is 1070. The summed E-state index contributed by atoms with van der Waals surface area (Å²) < 4.78 is 46.4. The predicted molar refractivity (Wildman–Crippen MR) is 119 cm³/mol. The van der Waals surface area contributed by atoms with Crippen molar-refractivity contribution < 1.29 is 27.4 Å². The molecule has 1 atom stereocenters. The standard InChI is InChI=1S/C23H19F3N2O3S/c1-15(16-6-3-2-4-7-16)30-20-9-5-8-18(14-20)27-22(32)28-21(29)17-10-12-19(13-11-17)31-23(24,25)26/h2-15H,1H3,(H2,27,28,29,32)/t15-/m1/s1. The van der Waals surface area contributed by atoms with Crippen LogP contribution in [-0.2, 0) is 0 Å². The molecule has 0 fully saturated rings. The summed E-state index contributed by atoms with van der Waals surface area (Å²) in [6.45, 7) is 1.94. The number of amides is 1. The number of carbonyl (C=O) groups excluding carboxylic acids is 1. The van der Waals surface area contributed by atoms with Crippen molar-refractivity contribution in [3.05, 3.63) is 90.0 Å². The number of anilines is 1. The van der Waals surface area contributed by atoms with E-state index < -0.39 is 18.0 Å². The lowest BCUT2D eigenvalue weighted by Gasteiger charge is -2.16. The maximum atomic E-state index is 12.3. The van der Waals surface area contributed by atoms with E-state index >= 15 is 0 Å². The van der Waals surface area contributed by atoms with Crippen LogP contribution in [0.5, 0.6) is 11.5 Å². The number of thiocarbonyl (C=S) groups is 1. The highest BCUT2D eigenvalue weighted by Gasteiger charge is 2.31. The lowest BCUT2D eigenvalue weighted by Crippen LogP contribution is -2.34. The molecule has 5 nitrogen and oxygen atoms in total. The fourth-order valence-electron chi connectivity index (χ4n) is 2.79. The maximum absolute atomic E-state index is 12.3. The van der Waals surface area contributed by atoms with Gasteiger partial charge in [0, 0.05) is 17.3 Å². The number of hydrogen-bond donors (Lipinski definition) is 2. The van der Waals surface area contributed by atoms with Crippen LogP contribution in [0, 0.1) is 0 Å². The molecule has 0 aliphatic carbocycles. The summed E-state index contributed by atoms with van der Waals surface area (Å²) in [6, 6.07) is 21.3. The largest absolute Gasteiger partial charge is 0.573 e. The van der Waals surface area contributed by atoms with Gasteiger partial charge >= 0.3 is 6.36 Å². The third-order valence-corrected chi connectivity index (χ3v) is 4.46. The Labute approximate surface area is 188 Å². The molecule has 3 rings (SSSR count). The Balaban J connectivity index is 1.56. The zero-order valence-corrected chi connectivity index (χ0v) is 17.7. The Kier molecular flexibility index (Phi) is 7.32. The van der Waals surface area contributed by atoms with Gasteiger partial charge < -0.3 is 14.8 Å². The normalized spacial score (nSPS) is 11.9. The van der Waals surface area contributed by atoms with Gasteiger partial charge in [-0.15, -0.1) is 13.2 Å². The van der Waals surface area contributed by atoms with E-state index in [-0.39, 0.29) is 16.8 Å². The Morgan fingerprint density at radius 2 is 1.62 bits per heavy atom. The Morgan fingerprint density at radius 3 is 2.28 bits per heavy atom. The van der Waals surface area contributed by atoms with Crippen molar-refractivity contribution >= 4 is 28.9 Å². The number of alkyl halides is 3. The monoisotopic (exact) mass is 460 g/mol. The number of nitrogens with one attached hydrogen (secondary N) is 2. The average Bonchev–Trinajstić information content (AvgIpc) is 2.74. The Hall–Kier alpha value is -3.59. The molecular formula is C23H19F3N2O3S. The number of halogens is 3. The molecule has 0 heterocycles. The van der Waals surface area contributed by atoms with Gasteiger partial charge in [0.25, 0.3) is 5.91 Å². The summed E-state index contributed by atoms with van der Waals surface area (Å²) in [7, 11) is 0. The van der Waals surface area contributed by atoms with Crippen molar-refractivity contribution in [1.29, 1.82) is 0 Å². The van der Waals surface area contributed by atoms with E-state index in [0.29, 0.717) is 11.4 Å². The highest BCUT2D eigenvalue weighted by Crippen LogP contribution is 2.25. The molecule has 0 aliphatic rings. The van der Waals surface area contributed by atoms with E-state index in [1.54, 1.807) is 24.3 Å². The van der Waals surface area contributed by atoms with E-state index in [2.05, 4.69) is 15.4 Å². The minimum atomic E-state index is -4.80. The van der Waals surface area contributed by atoms with Crippen LogP contribution in [0.1, 0.15) is 28.9 Å². The van der Waals surface area contributed by atoms with Crippen molar-refractivity contribution in [2.24, 2.45) is 0 Å². The van der Waals surface area contributed by atoms with E-state index in [0.717, 1.165) is 17.7 Å². The molecule has 0 aromatic heterocycles. The summed E-state index contributed by atoms with van der Waals surface area (Å²) in [5.74, 6) is -0.386. The molecule has 3 aromatic carbocycles. The molecule has 0 saturated carbocycles. The first kappa shape index (κ1) is 23.1. The fourth-order valence-corrected chi connectivity index (χ4v) is 3.00. The number of rotatable bonds is 6. The third-order valence-electron chi connectivity index (χ3n) is 4.25. The molecule has 0 saturated heterocycles. The lowest BCUT2D eigenvalue weighted by molar-refractivity contribution is -0.274. The van der Waals surface area contributed by atoms with Gasteiger partial charge in [0.1, 0.15) is 17.6 Å². The molecule has 9 heteroatoms. The fraction of sp³-hybridized carbons (Fsp3) is 0.130. The minimum Gasteiger partial charge on any atom is -0.486 e. The van der Waals surface area contributed by atoms with Crippen LogP contribution in [0.3, 0.4) is 0 Å². The first-order valence-electron chi connectivity index (χ1n) is 9.49. The zero-order chi connectivity index (χ0) is 23.1. The van der Waals surface area contributed by atoms with Gasteiger partial charge in [0.05, 0.1) is 0 Å². The van der Waals surface area contributed by atoms with Crippen LogP contribution in [0.4, 0.5) is 18.9 Å². The molecule has 0 spiro atoms. The van der Waals surface area contributed by atoms with Gasteiger partial charge in [-0.2, -0.15) is 0 Å². The molecule has 0 bridgehead atoms. The van der Waals surface area contributed by atoms with Crippen molar-refractivity contribution in [3.8, 4) is 11.5 Å². The second-order valence-corrected chi connectivity index (χ2v) is 7.09. The summed E-state index contributed by atoms with van der Waals surface area (Å²) in [5, 5.41) is 5.39. The number of hydrogen-bond acceptors (Lipinski definition) is 4. The summed E-state index contributed by atoms with van der Waals surface area (Å²) in [6.07, 6.45) is -4.96. The number of carbonyl (C=O) groups is 1. The average molecular weight is 460 g/mol. The second kappa shape index (κ2) is 10.1. The number of benzene rings is 3. The minimum absolute atomic E-state index is 0.0267. The van der Waals surface area contributed by atoms with Crippen molar-refractivity contribution in [3.63, 3.8) is 0 Å². The van der Waals surface area contributed by atoms with Gasteiger partial charge in [-0.3, -0.25) is 10.1 Å². The number of ether oxygens (including phenoxy) is 2. The SMILES string of the molecule is C[C@@H](Oc1cccc(NC(=S)NC(=O)c2ccc(OC(F)(F)F)cc2)c1)c1ccccc1. The summed E-state index contributed by atoms with van der Waals surface area (Å²) >= 11 is 5.16. The molecule has 32 heavy (non-hydrogen) atoms. The van der Waals surface area contributed by atoms with Gasteiger partial charge in [-0.05, 0) is 61.1 Å². The van der Waals surface area contributed by atoms with Gasteiger partial charge in [0.2, 0.25) is 0 Å². The first-order chi connectivity index (χ1) is 15.2. The molecular weight excluding hydrogens is 441 g/mol. The van der Waals surface area contributed by atoms with Gasteiger partial charge in [-0.1, -0.05) is 36.4 Å². The van der Waals surface area contributed by atoms with Gasteiger partial charge in [0.15, 0.2) is 5.11 Å². The lowest BCUT2D eigenvalue weighted by atomic mass is 10.1. The third kappa shape index (κ3) is 6.98. The molecule has 0 unspecified atom stereocenters. The van der Waals surface area contributed by atoms with E-state index in [9.17, 15) is 18.0 Å². The van der Waals surface area contributed by atoms with Crippen LogP contribution in [0.2, 0.25) is 0 Å². The van der Waals surface area contributed by atoms with Crippen molar-refractivity contribution in [2.45, 2.75) is 19.4 Å². The molecule has 3 aromatic rings. The van der Waals surface area contributed by atoms with Crippen LogP contribution < -0.4 is 20.1 Å². The maximum Gasteiger partial charge on any atom is 0.573 e. The highest BCUT2D eigenvalue weighted by molar-refractivity contribution is 7.80. The zero-order valence-electron chi connectivity index (χ0n) is 16.8. The van der Waals surface area contributed by atoms with Crippen LogP contribution in [0.15, 0.2) is 78.9 Å². The van der Waals surface area contributed by atoms with E-state index in [1.807, 2.05) is 37.3 Å². The second-order valence-electron chi connectivity index (χ2n) is 6.68. The van der Waals surface area contributed by atoms with Crippen molar-refractivity contribution in [2.75, 3.05) is 5.32 Å². The van der Waals surface area contributed by atoms with Crippen LogP contribution in [-0.4, -0.2) is 17.4 Å². The molecule has 0 aliphatic heterocycles. The van der Waals surface area contributed by atoms with Crippen LogP contribution in [0.25, 0.3) is 0 Å². The van der Waals surface area contributed by atoms with Crippen LogP contribution >= 0.6 is 12.2 Å². The predicted octanol–water partition coefficient (Wildman–Crippen LogP) is 5.85. The van der Waals surface area contributed by atoms with Crippen molar-refractivity contribution in [1.82, 2.24) is 5.32 Å². The quantitative estimate of drug-likeness (QED) is 0.452. The molecule has 166 valence electrons. The van der Waals surface area contributed by atoms with Gasteiger partial charge in [-0.25, -0.2) is 0 Å². The van der Waals surface area contributed by atoms with E-state index in [1.165, 1.54) is 12.1 Å². The molecule has 1 amide bonds. The summed E-state index contributed by atoms with van der Waals surface area (Å²) in [5.41, 5.74) is 1.75. The topological polar surface area (TPSA) is 59.6 Å². The first-order valence-corrected chi connectivity index (χ1v) is 9.90. The van der Waals surface area contributed by atoms with E-state index in [4.69, 9.17) is 17.0 Å².